The number of rotatable bonds is 5. The summed E-state index contributed by atoms with van der Waals surface area (Å²) in [4.78, 5) is 26.1. The van der Waals surface area contributed by atoms with Crippen LogP contribution in [0, 0.1) is 0 Å². The Morgan fingerprint density at radius 3 is 2.28 bits per heavy atom. The first-order valence-corrected chi connectivity index (χ1v) is 11.1. The third-order valence-corrected chi connectivity index (χ3v) is 8.46. The molecule has 2 atom stereocenters. The first-order chi connectivity index (χ1) is 14.1. The van der Waals surface area contributed by atoms with Crippen LogP contribution in [0.3, 0.4) is 0 Å². The zero-order chi connectivity index (χ0) is 20.3. The monoisotopic (exact) mass is 451 g/mol. The molecule has 1 aliphatic rings. The van der Waals surface area contributed by atoms with Gasteiger partial charge in [-0.05, 0) is 0 Å². The first-order valence-electron chi connectivity index (χ1n) is 9.42. The van der Waals surface area contributed by atoms with Gasteiger partial charge in [0, 0.05) is 0 Å². The molecule has 0 radical (unpaired) electrons. The summed E-state index contributed by atoms with van der Waals surface area (Å²) in [5, 5.41) is 3.12. The van der Waals surface area contributed by atoms with Crippen molar-refractivity contribution in [2.45, 2.75) is 16.7 Å². The van der Waals surface area contributed by atoms with Gasteiger partial charge in [0.05, 0.1) is 0 Å². The van der Waals surface area contributed by atoms with Crippen LogP contribution < -0.4 is 9.78 Å². The summed E-state index contributed by atoms with van der Waals surface area (Å²) in [5.74, 6) is -0.702. The maximum absolute atomic E-state index is 13.7. The number of amides is 1. The predicted molar refractivity (Wildman–Crippen MR) is 114 cm³/mol. The number of carbonyl (C=O) groups excluding carboxylic acids is 2. The van der Waals surface area contributed by atoms with E-state index in [1.54, 1.807) is 0 Å². The standard InChI is InChI=1S/C24H21NO3Se/c1-28-22(26)16-20-19-14-8-9-15-21(19)25-23(27)24(20,17-10-4-2-5-11-17)29-18-12-6-3-7-13-18/h2-15,20H,16H2,1H3,(H,25,27). The number of nitrogens with one attached hydrogen (secondary N) is 1. The number of anilines is 1. The van der Waals surface area contributed by atoms with Gasteiger partial charge in [0.1, 0.15) is 0 Å². The van der Waals surface area contributed by atoms with E-state index in [4.69, 9.17) is 4.74 Å². The van der Waals surface area contributed by atoms with Crippen LogP contribution in [0.4, 0.5) is 5.69 Å². The Labute approximate surface area is 176 Å². The average Bonchev–Trinajstić information content (AvgIpc) is 2.77. The molecule has 2 unspecified atom stereocenters. The van der Waals surface area contributed by atoms with Gasteiger partial charge in [0.2, 0.25) is 0 Å². The molecule has 3 aromatic rings. The van der Waals surface area contributed by atoms with Crippen LogP contribution in [0.2, 0.25) is 0 Å². The van der Waals surface area contributed by atoms with Crippen molar-refractivity contribution in [1.29, 1.82) is 0 Å². The predicted octanol–water partition coefficient (Wildman–Crippen LogP) is 3.21. The van der Waals surface area contributed by atoms with Crippen molar-refractivity contribution in [3.05, 3.63) is 96.1 Å². The van der Waals surface area contributed by atoms with Gasteiger partial charge in [-0.3, -0.25) is 0 Å². The second-order valence-corrected chi connectivity index (χ2v) is 9.66. The van der Waals surface area contributed by atoms with Crippen molar-refractivity contribution in [3.8, 4) is 0 Å². The molecule has 1 heterocycles. The van der Waals surface area contributed by atoms with E-state index in [0.29, 0.717) is 0 Å². The fourth-order valence-corrected chi connectivity index (χ4v) is 6.85. The SMILES string of the molecule is COC(=O)CC1c2ccccc2NC(=O)C1([Se]c1ccccc1)c1ccccc1. The van der Waals surface area contributed by atoms with Crippen LogP contribution >= 0.6 is 0 Å². The Morgan fingerprint density at radius 1 is 0.966 bits per heavy atom. The van der Waals surface area contributed by atoms with E-state index in [9.17, 15) is 9.59 Å². The van der Waals surface area contributed by atoms with E-state index < -0.39 is 4.31 Å². The number of ether oxygens (including phenoxy) is 1. The number of para-hydroxylation sites is 1. The maximum atomic E-state index is 13.7. The van der Waals surface area contributed by atoms with Gasteiger partial charge in [-0.25, -0.2) is 0 Å². The van der Waals surface area contributed by atoms with Crippen molar-refractivity contribution >= 4 is 37.0 Å². The summed E-state index contributed by atoms with van der Waals surface area (Å²) in [7, 11) is 1.39. The van der Waals surface area contributed by atoms with Gasteiger partial charge in [-0.1, -0.05) is 0 Å². The molecular weight excluding hydrogens is 429 g/mol. The van der Waals surface area contributed by atoms with Crippen LogP contribution in [-0.4, -0.2) is 33.9 Å². The fourth-order valence-electron chi connectivity index (χ4n) is 3.88. The van der Waals surface area contributed by atoms with Crippen molar-refractivity contribution in [2.75, 3.05) is 12.4 Å². The Kier molecular flexibility index (Phi) is 5.52. The quantitative estimate of drug-likeness (QED) is 0.480. The van der Waals surface area contributed by atoms with Crippen molar-refractivity contribution in [3.63, 3.8) is 0 Å². The summed E-state index contributed by atoms with van der Waals surface area (Å²) < 4.78 is 5.26. The molecule has 0 saturated heterocycles. The molecule has 4 nitrogen and oxygen atoms in total. The Balaban J connectivity index is 1.95. The molecule has 0 spiro atoms. The molecule has 1 N–H and O–H groups in total. The Morgan fingerprint density at radius 2 is 1.59 bits per heavy atom. The summed E-state index contributed by atoms with van der Waals surface area (Å²) in [6.07, 6.45) is 0.143. The molecule has 1 aliphatic heterocycles. The molecule has 5 heteroatoms. The van der Waals surface area contributed by atoms with E-state index >= 15 is 0 Å². The summed E-state index contributed by atoms with van der Waals surface area (Å²) in [6, 6.07) is 27.6. The Hall–Kier alpha value is -2.88. The van der Waals surface area contributed by atoms with Crippen LogP contribution in [0.1, 0.15) is 23.5 Å². The van der Waals surface area contributed by atoms with Gasteiger partial charge in [0.15, 0.2) is 0 Å². The third-order valence-electron chi connectivity index (χ3n) is 5.24. The molecule has 0 aromatic heterocycles. The number of carbonyl (C=O) groups is 2. The number of esters is 1. The zero-order valence-electron chi connectivity index (χ0n) is 16.0. The molecule has 0 aliphatic carbocycles. The first kappa shape index (κ1) is 19.4. The third kappa shape index (κ3) is 3.59. The van der Waals surface area contributed by atoms with E-state index in [-0.39, 0.29) is 39.2 Å². The van der Waals surface area contributed by atoms with Gasteiger partial charge in [-0.15, -0.1) is 0 Å². The second kappa shape index (κ2) is 8.24. The second-order valence-electron chi connectivity index (χ2n) is 6.89. The van der Waals surface area contributed by atoms with E-state index in [1.807, 2.05) is 84.9 Å². The van der Waals surface area contributed by atoms with Gasteiger partial charge < -0.3 is 0 Å². The van der Waals surface area contributed by atoms with Crippen molar-refractivity contribution in [2.24, 2.45) is 0 Å². The van der Waals surface area contributed by atoms with Crippen LogP contribution in [0.15, 0.2) is 84.9 Å². The number of hydrogen-bond acceptors (Lipinski definition) is 3. The van der Waals surface area contributed by atoms with Crippen LogP contribution in [0.5, 0.6) is 0 Å². The normalized spacial score (nSPS) is 20.4. The van der Waals surface area contributed by atoms with Gasteiger partial charge >= 0.3 is 176 Å². The van der Waals surface area contributed by atoms with E-state index in [0.717, 1.165) is 21.3 Å². The van der Waals surface area contributed by atoms with Crippen molar-refractivity contribution < 1.29 is 14.3 Å². The van der Waals surface area contributed by atoms with E-state index in [2.05, 4.69) is 5.32 Å². The van der Waals surface area contributed by atoms with E-state index in [1.165, 1.54) is 7.11 Å². The molecule has 29 heavy (non-hydrogen) atoms. The summed E-state index contributed by atoms with van der Waals surface area (Å²) in [6.45, 7) is 0. The molecule has 3 aromatic carbocycles. The van der Waals surface area contributed by atoms with Crippen molar-refractivity contribution in [1.82, 2.24) is 0 Å². The Bertz CT molecular complexity index is 1020. The molecule has 146 valence electrons. The molecule has 0 fully saturated rings. The number of hydrogen-bond donors (Lipinski definition) is 1. The molecule has 0 saturated carbocycles. The molecule has 1 amide bonds. The van der Waals surface area contributed by atoms with Crippen LogP contribution in [-0.2, 0) is 18.6 Å². The number of benzene rings is 3. The molecule has 0 bridgehead atoms. The molecule has 4 rings (SSSR count). The fraction of sp³-hybridized carbons (Fsp3) is 0.167. The topological polar surface area (TPSA) is 55.4 Å². The van der Waals surface area contributed by atoms with Crippen LogP contribution in [0.25, 0.3) is 0 Å². The molecular formula is C24H21NO3Se. The number of methoxy groups -OCH3 is 1. The summed E-state index contributed by atoms with van der Waals surface area (Å²) >= 11 is -0.258. The minimum atomic E-state index is -0.863. The van der Waals surface area contributed by atoms with Gasteiger partial charge in [0.25, 0.3) is 0 Å². The summed E-state index contributed by atoms with van der Waals surface area (Å²) in [5.41, 5.74) is 2.66. The van der Waals surface area contributed by atoms with Gasteiger partial charge in [-0.2, -0.15) is 0 Å². The average molecular weight is 450 g/mol. The minimum absolute atomic E-state index is 0.0693. The zero-order valence-corrected chi connectivity index (χ0v) is 17.7. The number of fused-ring (bicyclic) bond motifs is 1.